The van der Waals surface area contributed by atoms with E-state index in [-0.39, 0.29) is 0 Å². The first-order valence-corrected chi connectivity index (χ1v) is 23.7. The average Bonchev–Trinajstić information content (AvgIpc) is 3.98. The molecule has 11 aromatic carbocycles. The number of nitrogens with zero attached hydrogens (tertiary/aromatic N) is 1. The van der Waals surface area contributed by atoms with Gasteiger partial charge in [-0.1, -0.05) is 164 Å². The van der Waals surface area contributed by atoms with Crippen molar-refractivity contribution in [1.29, 1.82) is 0 Å². The van der Waals surface area contributed by atoms with Gasteiger partial charge in [0, 0.05) is 49.7 Å². The van der Waals surface area contributed by atoms with E-state index in [0.29, 0.717) is 0 Å². The van der Waals surface area contributed by atoms with Crippen molar-refractivity contribution in [3.63, 3.8) is 0 Å². The minimum atomic E-state index is 0.851. The van der Waals surface area contributed by atoms with Crippen molar-refractivity contribution in [2.24, 2.45) is 0 Å². The van der Waals surface area contributed by atoms with Crippen LogP contribution in [0.5, 0.6) is 0 Å². The van der Waals surface area contributed by atoms with Crippen molar-refractivity contribution in [1.82, 2.24) is 0 Å². The van der Waals surface area contributed by atoms with E-state index < -0.39 is 0 Å². The molecule has 0 spiro atoms. The Labute approximate surface area is 400 Å². The summed E-state index contributed by atoms with van der Waals surface area (Å²) in [5, 5.41) is 6.76. The van der Waals surface area contributed by atoms with E-state index in [9.17, 15) is 0 Å². The van der Waals surface area contributed by atoms with Crippen LogP contribution in [0.1, 0.15) is 11.1 Å². The topological polar surface area (TPSA) is 29.5 Å². The summed E-state index contributed by atoms with van der Waals surface area (Å²) in [4.78, 5) is 2.38. The maximum absolute atomic E-state index is 6.66. The Bertz CT molecular complexity index is 4080. The van der Waals surface area contributed by atoms with Crippen molar-refractivity contribution in [3.05, 3.63) is 248 Å². The summed E-state index contributed by atoms with van der Waals surface area (Å²) >= 11 is 0. The lowest BCUT2D eigenvalue weighted by Gasteiger charge is -2.27. The monoisotopic (exact) mass is 883 g/mol. The Morgan fingerprint density at radius 1 is 0.290 bits per heavy atom. The molecule has 0 atom stereocenters. The summed E-state index contributed by atoms with van der Waals surface area (Å²) in [5.41, 5.74) is 20.7. The number of benzene rings is 11. The van der Waals surface area contributed by atoms with Crippen molar-refractivity contribution >= 4 is 71.7 Å². The molecule has 2 heterocycles. The van der Waals surface area contributed by atoms with Crippen LogP contribution in [0.2, 0.25) is 0 Å². The summed E-state index contributed by atoms with van der Waals surface area (Å²) in [7, 11) is 0. The number of aryl methyl sites for hydroxylation is 2. The fourth-order valence-corrected chi connectivity index (χ4v) is 10.7. The van der Waals surface area contributed by atoms with Crippen molar-refractivity contribution in [2.45, 2.75) is 13.8 Å². The van der Waals surface area contributed by atoms with Crippen LogP contribution in [0.15, 0.2) is 245 Å². The third-order valence-corrected chi connectivity index (χ3v) is 14.0. The van der Waals surface area contributed by atoms with Crippen LogP contribution < -0.4 is 4.90 Å². The molecule has 0 aliphatic carbocycles. The molecule has 0 amide bonds. The molecule has 13 rings (SSSR count). The number of rotatable bonds is 8. The standard InChI is InChI=1S/C66H45NO2/c1-42-15-6-8-20-51(42)58-41-50(32-27-43(58)2)67(48-33-28-45(29-34-48)44-16-4-3-5-17-44)49-35-30-47(31-36-49)63-54(37-39-61-65(63)56-22-10-12-25-59(56)68-61)55-38-40-62-66(57-23-11-13-26-60(57)69-62)64(55)53-24-14-19-46-18-7-9-21-52(46)53/h3-41H,1-2H3. The van der Waals surface area contributed by atoms with Crippen LogP contribution in [-0.4, -0.2) is 0 Å². The summed E-state index contributed by atoms with van der Waals surface area (Å²) < 4.78 is 13.3. The number of anilines is 3. The zero-order chi connectivity index (χ0) is 46.0. The van der Waals surface area contributed by atoms with Crippen molar-refractivity contribution < 1.29 is 8.83 Å². The van der Waals surface area contributed by atoms with Crippen LogP contribution in [0.3, 0.4) is 0 Å². The summed E-state index contributed by atoms with van der Waals surface area (Å²) in [6.45, 7) is 4.40. The van der Waals surface area contributed by atoms with E-state index in [0.717, 1.165) is 94.3 Å². The molecular formula is C66H45NO2. The minimum absolute atomic E-state index is 0.851. The van der Waals surface area contributed by atoms with Crippen LogP contribution in [0, 0.1) is 13.8 Å². The third kappa shape index (κ3) is 6.81. The quantitative estimate of drug-likeness (QED) is 0.152. The average molecular weight is 884 g/mol. The molecule has 69 heavy (non-hydrogen) atoms. The van der Waals surface area contributed by atoms with Gasteiger partial charge in [-0.15, -0.1) is 0 Å². The number of fused-ring (bicyclic) bond motifs is 7. The van der Waals surface area contributed by atoms with Gasteiger partial charge < -0.3 is 13.7 Å². The zero-order valence-electron chi connectivity index (χ0n) is 38.3. The van der Waals surface area contributed by atoms with Gasteiger partial charge in [0.25, 0.3) is 0 Å². The maximum atomic E-state index is 6.66. The molecule has 326 valence electrons. The third-order valence-electron chi connectivity index (χ3n) is 14.0. The molecule has 0 saturated heterocycles. The molecule has 0 unspecified atom stereocenters. The second-order valence-corrected chi connectivity index (χ2v) is 18.1. The second kappa shape index (κ2) is 16.4. The van der Waals surface area contributed by atoms with Crippen LogP contribution in [-0.2, 0) is 0 Å². The molecule has 0 aliphatic heterocycles. The summed E-state index contributed by atoms with van der Waals surface area (Å²) in [5.74, 6) is 0. The number of furan rings is 2. The van der Waals surface area contributed by atoms with Gasteiger partial charge in [-0.05, 0) is 153 Å². The molecule has 13 aromatic rings. The van der Waals surface area contributed by atoms with E-state index in [1.165, 1.54) is 44.2 Å². The number of para-hydroxylation sites is 2. The smallest absolute Gasteiger partial charge is 0.136 e. The lowest BCUT2D eigenvalue weighted by atomic mass is 9.84. The van der Waals surface area contributed by atoms with E-state index in [2.05, 4.69) is 243 Å². The molecule has 0 N–H and O–H groups in total. The zero-order valence-corrected chi connectivity index (χ0v) is 38.3. The first-order chi connectivity index (χ1) is 34.1. The van der Waals surface area contributed by atoms with Gasteiger partial charge in [0.05, 0.1) is 0 Å². The van der Waals surface area contributed by atoms with Crippen LogP contribution in [0.4, 0.5) is 17.1 Å². The van der Waals surface area contributed by atoms with Gasteiger partial charge in [-0.2, -0.15) is 0 Å². The Balaban J connectivity index is 1.04. The molecular weight excluding hydrogens is 839 g/mol. The molecule has 3 heteroatoms. The van der Waals surface area contributed by atoms with Crippen molar-refractivity contribution in [3.8, 4) is 55.6 Å². The largest absolute Gasteiger partial charge is 0.456 e. The molecule has 2 aromatic heterocycles. The van der Waals surface area contributed by atoms with Gasteiger partial charge in [0.15, 0.2) is 0 Å². The van der Waals surface area contributed by atoms with E-state index in [1.54, 1.807) is 0 Å². The molecule has 0 bridgehead atoms. The van der Waals surface area contributed by atoms with E-state index in [1.807, 2.05) is 12.1 Å². The minimum Gasteiger partial charge on any atom is -0.456 e. The van der Waals surface area contributed by atoms with Gasteiger partial charge in [0.2, 0.25) is 0 Å². The first-order valence-electron chi connectivity index (χ1n) is 23.7. The van der Waals surface area contributed by atoms with Gasteiger partial charge in [-0.3, -0.25) is 0 Å². The molecule has 3 nitrogen and oxygen atoms in total. The highest BCUT2D eigenvalue weighted by molar-refractivity contribution is 6.22. The molecule has 0 radical (unpaired) electrons. The van der Waals surface area contributed by atoms with Gasteiger partial charge in [-0.25, -0.2) is 0 Å². The van der Waals surface area contributed by atoms with Crippen LogP contribution in [0.25, 0.3) is 110 Å². The van der Waals surface area contributed by atoms with E-state index in [4.69, 9.17) is 8.83 Å². The lowest BCUT2D eigenvalue weighted by molar-refractivity contribution is 0.668. The molecule has 0 aliphatic rings. The lowest BCUT2D eigenvalue weighted by Crippen LogP contribution is -2.10. The molecule has 0 fully saturated rings. The summed E-state index contributed by atoms with van der Waals surface area (Å²) in [6.07, 6.45) is 0. The summed E-state index contributed by atoms with van der Waals surface area (Å²) in [6, 6.07) is 85.1. The normalized spacial score (nSPS) is 11.6. The fourth-order valence-electron chi connectivity index (χ4n) is 10.7. The highest BCUT2D eigenvalue weighted by atomic mass is 16.3. The fraction of sp³-hybridized carbons (Fsp3) is 0.0303. The number of hydrogen-bond acceptors (Lipinski definition) is 3. The second-order valence-electron chi connectivity index (χ2n) is 18.1. The van der Waals surface area contributed by atoms with Crippen molar-refractivity contribution in [2.75, 3.05) is 4.90 Å². The number of hydrogen-bond donors (Lipinski definition) is 0. The molecule has 0 saturated carbocycles. The van der Waals surface area contributed by atoms with Gasteiger partial charge >= 0.3 is 0 Å². The maximum Gasteiger partial charge on any atom is 0.136 e. The van der Waals surface area contributed by atoms with Crippen LogP contribution >= 0.6 is 0 Å². The predicted molar refractivity (Wildman–Crippen MR) is 290 cm³/mol. The first kappa shape index (κ1) is 40.4. The highest BCUT2D eigenvalue weighted by Crippen LogP contribution is 2.50. The Morgan fingerprint density at radius 3 is 1.46 bits per heavy atom. The Morgan fingerprint density at radius 2 is 0.783 bits per heavy atom. The van der Waals surface area contributed by atoms with Gasteiger partial charge in [0.1, 0.15) is 22.3 Å². The highest BCUT2D eigenvalue weighted by Gasteiger charge is 2.25. The SMILES string of the molecule is Cc1ccccc1-c1cc(N(c2ccc(-c3ccccc3)cc2)c2ccc(-c3c(-c4ccc5oc6ccccc6c5c4-c4cccc5ccccc45)ccc4oc5ccccc5c34)cc2)ccc1C. The predicted octanol–water partition coefficient (Wildman–Crippen LogP) is 19.1. The van der Waals surface area contributed by atoms with E-state index >= 15 is 0 Å². The Kier molecular flexibility index (Phi) is 9.62. The Hall–Kier alpha value is -8.92.